The number of methoxy groups -OCH3 is 1. The van der Waals surface area contributed by atoms with Gasteiger partial charge in [0.15, 0.2) is 11.5 Å². The van der Waals surface area contributed by atoms with E-state index in [-0.39, 0.29) is 5.91 Å². The van der Waals surface area contributed by atoms with Crippen LogP contribution in [0.15, 0.2) is 30.5 Å². The Labute approximate surface area is 183 Å². The lowest BCUT2D eigenvalue weighted by molar-refractivity contribution is -0.137. The van der Waals surface area contributed by atoms with Crippen molar-refractivity contribution in [1.29, 1.82) is 0 Å². The van der Waals surface area contributed by atoms with Crippen LogP contribution < -0.4 is 14.4 Å². The quantitative estimate of drug-likeness (QED) is 0.638. The summed E-state index contributed by atoms with van der Waals surface area (Å²) in [4.78, 5) is 20.4. The number of aromatic nitrogens is 1. The van der Waals surface area contributed by atoms with Crippen molar-refractivity contribution in [2.75, 3.05) is 44.8 Å². The van der Waals surface area contributed by atoms with Gasteiger partial charge in [-0.25, -0.2) is 4.98 Å². The van der Waals surface area contributed by atoms with Crippen LogP contribution in [0.2, 0.25) is 5.02 Å². The number of ether oxygens (including phenoxy) is 2. The number of anilines is 1. The van der Waals surface area contributed by atoms with Gasteiger partial charge in [-0.15, -0.1) is 0 Å². The molecule has 1 aromatic carbocycles. The second-order valence-electron chi connectivity index (χ2n) is 7.02. The number of nitrogens with zero attached hydrogens (tertiary/aromatic N) is 3. The number of piperazine rings is 1. The van der Waals surface area contributed by atoms with Crippen LogP contribution in [0.3, 0.4) is 0 Å². The maximum absolute atomic E-state index is 13.0. The highest BCUT2D eigenvalue weighted by molar-refractivity contribution is 6.32. The van der Waals surface area contributed by atoms with E-state index in [1.54, 1.807) is 17.0 Å². The van der Waals surface area contributed by atoms with Gasteiger partial charge < -0.3 is 19.3 Å². The maximum Gasteiger partial charge on any atom is 0.417 e. The summed E-state index contributed by atoms with van der Waals surface area (Å²) < 4.78 is 49.1. The van der Waals surface area contributed by atoms with Crippen molar-refractivity contribution in [3.05, 3.63) is 46.6 Å². The van der Waals surface area contributed by atoms with Gasteiger partial charge in [0.1, 0.15) is 5.82 Å². The second-order valence-corrected chi connectivity index (χ2v) is 7.43. The van der Waals surface area contributed by atoms with E-state index >= 15 is 0 Å². The Bertz CT molecular complexity index is 915. The van der Waals surface area contributed by atoms with Gasteiger partial charge in [0.2, 0.25) is 0 Å². The lowest BCUT2D eigenvalue weighted by atomic mass is 10.1. The second kappa shape index (κ2) is 9.64. The minimum absolute atomic E-state index is 0.206. The molecule has 0 unspecified atom stereocenters. The molecule has 1 aromatic heterocycles. The predicted octanol–water partition coefficient (Wildman–Crippen LogP) is 4.51. The van der Waals surface area contributed by atoms with E-state index in [9.17, 15) is 18.0 Å². The van der Waals surface area contributed by atoms with Crippen LogP contribution in [0.1, 0.15) is 29.3 Å². The molecular weight excluding hydrogens is 435 g/mol. The SMILES string of the molecule is CCCOc1c(Cl)cc(C(=O)N2CCN(c3ccc(C(F)(F)F)cn3)CC2)cc1OC. The standard InChI is InChI=1S/C21H23ClF3N3O3/c1-3-10-31-19-16(22)11-14(12-17(19)30-2)20(29)28-8-6-27(7-9-28)18-5-4-15(13-26-18)21(23,24)25/h4-5,11-13H,3,6-10H2,1-2H3. The normalized spacial score (nSPS) is 14.5. The fraction of sp³-hybridized carbons (Fsp3) is 0.429. The van der Waals surface area contributed by atoms with Gasteiger partial charge in [-0.1, -0.05) is 18.5 Å². The molecule has 0 bridgehead atoms. The molecule has 1 fully saturated rings. The van der Waals surface area contributed by atoms with Gasteiger partial charge in [-0.3, -0.25) is 4.79 Å². The lowest BCUT2D eigenvalue weighted by Crippen LogP contribution is -2.49. The molecular formula is C21H23ClF3N3O3. The highest BCUT2D eigenvalue weighted by atomic mass is 35.5. The molecule has 6 nitrogen and oxygen atoms in total. The number of hydrogen-bond donors (Lipinski definition) is 0. The zero-order valence-electron chi connectivity index (χ0n) is 17.2. The Hall–Kier alpha value is -2.68. The summed E-state index contributed by atoms with van der Waals surface area (Å²) >= 11 is 6.31. The first-order chi connectivity index (χ1) is 14.7. The molecule has 0 saturated carbocycles. The summed E-state index contributed by atoms with van der Waals surface area (Å²) in [7, 11) is 1.48. The molecule has 2 heterocycles. The van der Waals surface area contributed by atoms with E-state index in [0.717, 1.165) is 18.7 Å². The first kappa shape index (κ1) is 23.0. The maximum atomic E-state index is 13.0. The molecule has 0 N–H and O–H groups in total. The van der Waals surface area contributed by atoms with E-state index < -0.39 is 11.7 Å². The summed E-state index contributed by atoms with van der Waals surface area (Å²) in [5, 5.41) is 0.295. The number of hydrogen-bond acceptors (Lipinski definition) is 5. The number of halogens is 4. The van der Waals surface area contributed by atoms with Gasteiger partial charge in [0.25, 0.3) is 5.91 Å². The monoisotopic (exact) mass is 457 g/mol. The number of benzene rings is 1. The van der Waals surface area contributed by atoms with Crippen molar-refractivity contribution in [3.8, 4) is 11.5 Å². The van der Waals surface area contributed by atoms with Crippen molar-refractivity contribution in [2.45, 2.75) is 19.5 Å². The van der Waals surface area contributed by atoms with Crippen LogP contribution in [0.4, 0.5) is 19.0 Å². The highest BCUT2D eigenvalue weighted by Gasteiger charge is 2.31. The first-order valence-electron chi connectivity index (χ1n) is 9.82. The third-order valence-electron chi connectivity index (χ3n) is 4.89. The summed E-state index contributed by atoms with van der Waals surface area (Å²) in [5.74, 6) is 1.03. The van der Waals surface area contributed by atoms with Crippen molar-refractivity contribution >= 4 is 23.3 Å². The fourth-order valence-corrected chi connectivity index (χ4v) is 3.51. The van der Waals surface area contributed by atoms with Crippen molar-refractivity contribution < 1.29 is 27.4 Å². The minimum Gasteiger partial charge on any atom is -0.493 e. The van der Waals surface area contributed by atoms with Crippen molar-refractivity contribution in [2.24, 2.45) is 0 Å². The molecule has 0 radical (unpaired) electrons. The number of alkyl halides is 3. The van der Waals surface area contributed by atoms with E-state index in [1.165, 1.54) is 13.2 Å². The Balaban J connectivity index is 1.67. The summed E-state index contributed by atoms with van der Waals surface area (Å²) in [6.45, 7) is 4.14. The third kappa shape index (κ3) is 5.33. The topological polar surface area (TPSA) is 54.9 Å². The summed E-state index contributed by atoms with van der Waals surface area (Å²) in [6, 6.07) is 5.51. The Kier molecular flexibility index (Phi) is 7.15. The van der Waals surface area contributed by atoms with Crippen LogP contribution in [0, 0.1) is 0 Å². The van der Waals surface area contributed by atoms with Gasteiger partial charge >= 0.3 is 6.18 Å². The number of amides is 1. The van der Waals surface area contributed by atoms with E-state index in [1.807, 2.05) is 11.8 Å². The molecule has 168 valence electrons. The third-order valence-corrected chi connectivity index (χ3v) is 5.17. The molecule has 2 aromatic rings. The van der Waals surface area contributed by atoms with E-state index in [0.29, 0.717) is 60.7 Å². The van der Waals surface area contributed by atoms with E-state index in [4.69, 9.17) is 21.1 Å². The van der Waals surface area contributed by atoms with E-state index in [2.05, 4.69) is 4.98 Å². The number of carbonyl (C=O) groups is 1. The van der Waals surface area contributed by atoms with Crippen LogP contribution in [-0.2, 0) is 6.18 Å². The predicted molar refractivity (Wildman–Crippen MR) is 111 cm³/mol. The number of pyridine rings is 1. The molecule has 1 saturated heterocycles. The van der Waals surface area contributed by atoms with Gasteiger partial charge in [0.05, 0.1) is 24.3 Å². The average Bonchev–Trinajstić information content (AvgIpc) is 2.77. The van der Waals surface area contributed by atoms with Gasteiger partial charge in [-0.05, 0) is 30.7 Å². The summed E-state index contributed by atoms with van der Waals surface area (Å²) in [6.07, 6.45) is -2.79. The largest absolute Gasteiger partial charge is 0.493 e. The molecule has 10 heteroatoms. The van der Waals surface area contributed by atoms with Crippen molar-refractivity contribution in [3.63, 3.8) is 0 Å². The molecule has 1 amide bonds. The zero-order chi connectivity index (χ0) is 22.6. The van der Waals surface area contributed by atoms with Gasteiger partial charge in [0, 0.05) is 37.9 Å². The zero-order valence-corrected chi connectivity index (χ0v) is 18.0. The molecule has 1 aliphatic heterocycles. The number of rotatable bonds is 6. The Morgan fingerprint density at radius 2 is 1.90 bits per heavy atom. The fourth-order valence-electron chi connectivity index (χ4n) is 3.25. The average molecular weight is 458 g/mol. The minimum atomic E-state index is -4.42. The van der Waals surface area contributed by atoms with Crippen LogP contribution in [0.25, 0.3) is 0 Å². The Morgan fingerprint density at radius 3 is 2.45 bits per heavy atom. The first-order valence-corrected chi connectivity index (χ1v) is 10.2. The van der Waals surface area contributed by atoms with Crippen LogP contribution in [-0.4, -0.2) is 55.7 Å². The van der Waals surface area contributed by atoms with Crippen LogP contribution >= 0.6 is 11.6 Å². The summed E-state index contributed by atoms with van der Waals surface area (Å²) in [5.41, 5.74) is -0.408. The van der Waals surface area contributed by atoms with Crippen molar-refractivity contribution in [1.82, 2.24) is 9.88 Å². The Morgan fingerprint density at radius 1 is 1.19 bits per heavy atom. The van der Waals surface area contributed by atoms with Gasteiger partial charge in [-0.2, -0.15) is 13.2 Å². The molecule has 1 aliphatic rings. The smallest absolute Gasteiger partial charge is 0.417 e. The molecule has 0 spiro atoms. The highest BCUT2D eigenvalue weighted by Crippen LogP contribution is 2.37. The molecule has 31 heavy (non-hydrogen) atoms. The molecule has 3 rings (SSSR count). The molecule has 0 atom stereocenters. The lowest BCUT2D eigenvalue weighted by Gasteiger charge is -2.35. The molecule has 0 aliphatic carbocycles. The van der Waals surface area contributed by atoms with Crippen LogP contribution in [0.5, 0.6) is 11.5 Å². The number of carbonyl (C=O) groups excluding carboxylic acids is 1.